The van der Waals surface area contributed by atoms with E-state index in [1.807, 2.05) is 12.3 Å². The number of nitrogens with one attached hydrogen (secondary N) is 1. The normalized spacial score (nSPS) is 27.4. The molecule has 67 heavy (non-hydrogen) atoms. The van der Waals surface area contributed by atoms with Crippen LogP contribution in [0.3, 0.4) is 0 Å². The van der Waals surface area contributed by atoms with E-state index in [-0.39, 0.29) is 47.1 Å². The van der Waals surface area contributed by atoms with Crippen molar-refractivity contribution in [2.24, 2.45) is 22.2 Å². The van der Waals surface area contributed by atoms with Gasteiger partial charge in [0, 0.05) is 54.4 Å². The molecule has 16 heteroatoms. The van der Waals surface area contributed by atoms with Crippen molar-refractivity contribution >= 4 is 39.6 Å². The Hall–Kier alpha value is -5.33. The highest BCUT2D eigenvalue weighted by Gasteiger charge is 2.59. The van der Waals surface area contributed by atoms with Gasteiger partial charge in [0.1, 0.15) is 65.2 Å². The molecule has 3 aromatic carbocycles. The summed E-state index contributed by atoms with van der Waals surface area (Å²) >= 11 is 0. The van der Waals surface area contributed by atoms with Crippen molar-refractivity contribution in [1.29, 1.82) is 0 Å². The third-order valence-corrected chi connectivity index (χ3v) is 15.8. The zero-order chi connectivity index (χ0) is 47.0. The van der Waals surface area contributed by atoms with Gasteiger partial charge in [-0.1, -0.05) is 25.8 Å². The minimum Gasteiger partial charge on any atom is -0.508 e. The first kappa shape index (κ1) is 45.5. The molecule has 2 aliphatic carbocycles. The maximum absolute atomic E-state index is 13.9. The van der Waals surface area contributed by atoms with Crippen LogP contribution < -0.4 is 20.4 Å². The van der Waals surface area contributed by atoms with Crippen molar-refractivity contribution in [3.63, 3.8) is 0 Å². The number of phenolic OH excluding ortho intramolecular Hbond substituents is 2. The van der Waals surface area contributed by atoms with Gasteiger partial charge in [0.15, 0.2) is 16.8 Å². The Labute approximate surface area is 386 Å². The van der Waals surface area contributed by atoms with Crippen LogP contribution in [0.15, 0.2) is 80.2 Å². The highest BCUT2D eigenvalue weighted by atomic mass is 17.2. The van der Waals surface area contributed by atoms with Gasteiger partial charge < -0.3 is 55.1 Å². The zero-order valence-corrected chi connectivity index (χ0v) is 37.7. The predicted octanol–water partition coefficient (Wildman–Crippen LogP) is 4.65. The summed E-state index contributed by atoms with van der Waals surface area (Å²) in [5, 5.41) is 80.6. The van der Waals surface area contributed by atoms with Gasteiger partial charge in [-0.15, -0.1) is 0 Å². The third kappa shape index (κ3) is 7.61. The summed E-state index contributed by atoms with van der Waals surface area (Å²) in [6, 6.07) is 10.3. The zero-order valence-electron chi connectivity index (χ0n) is 37.7. The lowest BCUT2D eigenvalue weighted by atomic mass is 9.62. The predicted molar refractivity (Wildman–Crippen MR) is 247 cm³/mol. The lowest BCUT2D eigenvalue weighted by Gasteiger charge is -2.50. The first-order chi connectivity index (χ1) is 32.2. The number of hydrogen-bond donors (Lipinski definition) is 8. The number of aryl methyl sites for hydroxylation is 1. The van der Waals surface area contributed by atoms with Crippen LogP contribution in [-0.2, 0) is 27.4 Å². The highest BCUT2D eigenvalue weighted by molar-refractivity contribution is 5.97. The Morgan fingerprint density at radius 2 is 1.82 bits per heavy atom. The molecule has 4 aliphatic heterocycles. The molecular formula is C51H59N3O13. The van der Waals surface area contributed by atoms with Crippen molar-refractivity contribution in [3.05, 3.63) is 93.1 Å². The topological polar surface area (TPSA) is 244 Å². The summed E-state index contributed by atoms with van der Waals surface area (Å²) < 4.78 is 14.0. The number of rotatable bonds is 13. The molecule has 4 aromatic rings. The van der Waals surface area contributed by atoms with E-state index in [4.69, 9.17) is 18.9 Å². The monoisotopic (exact) mass is 921 g/mol. The smallest absolute Gasteiger partial charge is 0.226 e. The average molecular weight is 922 g/mol. The van der Waals surface area contributed by atoms with Gasteiger partial charge in [-0.2, -0.15) is 0 Å². The molecule has 2 saturated carbocycles. The van der Waals surface area contributed by atoms with E-state index < -0.39 is 60.7 Å². The first-order valence-corrected chi connectivity index (χ1v) is 23.6. The summed E-state index contributed by atoms with van der Waals surface area (Å²) in [5.74, 6) is 0.981. The number of hydrogen-bond acceptors (Lipinski definition) is 15. The number of aromatic hydroxyl groups is 2. The number of anilines is 1. The fourth-order valence-corrected chi connectivity index (χ4v) is 12.4. The SMILES string of the molecule is CCC1C2=CC=NC2=CN1c1c2c(cc3c(=O)cc(C)oc13)CC(OOCC(O)(Cc1ccc(O)c3ccc(O)cc13)C(O)C(O)C(O)CO)C1(CCCC(C3CNC(=O)C34CCCC4)C1)O2. The molecule has 16 nitrogen and oxygen atoms in total. The van der Waals surface area contributed by atoms with Gasteiger partial charge in [-0.3, -0.25) is 14.6 Å². The van der Waals surface area contributed by atoms with Gasteiger partial charge in [0.25, 0.3) is 0 Å². The van der Waals surface area contributed by atoms with E-state index in [1.54, 1.807) is 19.2 Å². The molecule has 10 rings (SSSR count). The van der Waals surface area contributed by atoms with E-state index in [2.05, 4.69) is 22.1 Å². The second-order valence-corrected chi connectivity index (χ2v) is 19.8. The maximum atomic E-state index is 13.9. The summed E-state index contributed by atoms with van der Waals surface area (Å²) in [4.78, 5) is 46.8. The molecular weight excluding hydrogens is 863 g/mol. The van der Waals surface area contributed by atoms with Crippen molar-refractivity contribution in [2.45, 2.75) is 126 Å². The number of ether oxygens (including phenoxy) is 1. The van der Waals surface area contributed by atoms with Crippen LogP contribution >= 0.6 is 0 Å². The first-order valence-electron chi connectivity index (χ1n) is 23.6. The molecule has 1 saturated heterocycles. The van der Waals surface area contributed by atoms with E-state index in [1.165, 1.54) is 36.4 Å². The number of aliphatic imine (C=N–C) groups is 1. The van der Waals surface area contributed by atoms with E-state index >= 15 is 0 Å². The largest absolute Gasteiger partial charge is 0.508 e. The van der Waals surface area contributed by atoms with Crippen molar-refractivity contribution < 1.29 is 59.5 Å². The van der Waals surface area contributed by atoms with Gasteiger partial charge >= 0.3 is 0 Å². The van der Waals surface area contributed by atoms with Gasteiger partial charge in [-0.25, -0.2) is 9.78 Å². The van der Waals surface area contributed by atoms with E-state index in [0.717, 1.165) is 49.8 Å². The van der Waals surface area contributed by atoms with Crippen molar-refractivity contribution in [1.82, 2.24) is 5.32 Å². The molecule has 3 fully saturated rings. The van der Waals surface area contributed by atoms with Crippen molar-refractivity contribution in [2.75, 3.05) is 24.7 Å². The molecule has 356 valence electrons. The number of allylic oxidation sites excluding steroid dienone is 1. The Morgan fingerprint density at radius 3 is 2.60 bits per heavy atom. The van der Waals surface area contributed by atoms with Crippen LogP contribution in [-0.4, -0.2) is 109 Å². The summed E-state index contributed by atoms with van der Waals surface area (Å²) in [7, 11) is 0. The highest BCUT2D eigenvalue weighted by Crippen LogP contribution is 2.57. The van der Waals surface area contributed by atoms with Crippen LogP contribution in [0.2, 0.25) is 0 Å². The number of carbonyl (C=O) groups excluding carboxylic acids is 1. The minimum absolute atomic E-state index is 0.0479. The Balaban J connectivity index is 1.05. The molecule has 9 unspecified atom stereocenters. The number of benzene rings is 3. The average Bonchev–Trinajstić information content (AvgIpc) is 4.12. The third-order valence-electron chi connectivity index (χ3n) is 15.8. The molecule has 1 aromatic heterocycles. The summed E-state index contributed by atoms with van der Waals surface area (Å²) in [5.41, 5.74) is -0.329. The number of aliphatic hydroxyl groups is 5. The van der Waals surface area contributed by atoms with Crippen LogP contribution in [0.4, 0.5) is 5.69 Å². The number of aliphatic hydroxyl groups excluding tert-OH is 4. The summed E-state index contributed by atoms with van der Waals surface area (Å²) in [6.07, 6.45) is 5.60. The van der Waals surface area contributed by atoms with Gasteiger partial charge in [0.05, 0.1) is 29.1 Å². The molecule has 6 aliphatic rings. The molecule has 2 spiro atoms. The number of fused-ring (bicyclic) bond motifs is 4. The molecule has 0 radical (unpaired) electrons. The van der Waals surface area contributed by atoms with Crippen LogP contribution in [0.5, 0.6) is 17.2 Å². The lowest BCUT2D eigenvalue weighted by Crippen LogP contribution is -2.59. The number of amides is 1. The number of carbonyl (C=O) groups is 1. The Kier molecular flexibility index (Phi) is 11.8. The fraction of sp³-hybridized carbons (Fsp3) is 0.510. The lowest BCUT2D eigenvalue weighted by molar-refractivity contribution is -0.374. The fourth-order valence-electron chi connectivity index (χ4n) is 12.4. The quantitative estimate of drug-likeness (QED) is 0.0673. The van der Waals surface area contributed by atoms with E-state index in [0.29, 0.717) is 75.9 Å². The maximum Gasteiger partial charge on any atom is 0.226 e. The molecule has 1 amide bonds. The molecule has 0 bridgehead atoms. The standard InChI is InChI=1S/C51H59N3O13/c1-3-38-33-12-16-52-37(33)24-54(38)43-45-30(18-35-40(58)17-27(2)65-46(35)43)19-42(51(66-45)15-6-7-29(22-51)36-23-53-48(62)49(36)13-4-5-14-49)67-64-26-50(63,47(61)44(60)41(59)25-55)21-28-8-11-39(57)32-10-9-31(56)20-34(28)32/h8-12,16-18,20,24,29,36,38,41-42,44,47,55-57,59-61,63H,3-7,13-15,19,21-23,25-26H2,1-2H3,(H,53,62). The Morgan fingerprint density at radius 1 is 1.01 bits per heavy atom. The van der Waals surface area contributed by atoms with Gasteiger partial charge in [-0.05, 0) is 111 Å². The minimum atomic E-state index is -2.40. The Bertz CT molecular complexity index is 2760. The van der Waals surface area contributed by atoms with Crippen LogP contribution in [0, 0.1) is 24.2 Å². The van der Waals surface area contributed by atoms with Crippen LogP contribution in [0.1, 0.15) is 81.6 Å². The molecule has 9 atom stereocenters. The van der Waals surface area contributed by atoms with E-state index in [9.17, 15) is 45.3 Å². The summed E-state index contributed by atoms with van der Waals surface area (Å²) in [6.45, 7) is 2.71. The van der Waals surface area contributed by atoms with Crippen LogP contribution in [0.25, 0.3) is 21.7 Å². The number of phenols is 2. The van der Waals surface area contributed by atoms with Crippen molar-refractivity contribution in [3.8, 4) is 17.2 Å². The second kappa shape index (κ2) is 17.3. The molecule has 5 heterocycles. The molecule has 8 N–H and O–H groups in total. The second-order valence-electron chi connectivity index (χ2n) is 19.8. The number of nitrogens with zero attached hydrogens (tertiary/aromatic N) is 2. The van der Waals surface area contributed by atoms with Gasteiger partial charge in [0.2, 0.25) is 5.91 Å².